The molecule has 0 aliphatic heterocycles. The molecule has 0 amide bonds. The van der Waals surface area contributed by atoms with Crippen LogP contribution in [0.1, 0.15) is 16.1 Å². The smallest absolute Gasteiger partial charge is 0.279 e. The van der Waals surface area contributed by atoms with Crippen LogP contribution in [0, 0.1) is 0 Å². The van der Waals surface area contributed by atoms with Gasteiger partial charge in [0.1, 0.15) is 4.90 Å². The standard InChI is InChI=1S/C21H11Cl4F3N2O2S2/c22-11-2-3-18-17(6-11)29-20(33-18)9-13-14(23)7-12(8-15(13)24)30-34(31,32)19-4-1-10(5-16(19)25)21(26,27)28/h1-8,30H,9H2. The first-order valence-electron chi connectivity index (χ1n) is 9.26. The molecule has 4 nitrogen and oxygen atoms in total. The number of hydrogen-bond donors (Lipinski definition) is 1. The lowest BCUT2D eigenvalue weighted by atomic mass is 10.1. The van der Waals surface area contributed by atoms with Gasteiger partial charge in [0.2, 0.25) is 0 Å². The Kier molecular flexibility index (Phi) is 6.98. The van der Waals surface area contributed by atoms with Crippen LogP contribution in [0.3, 0.4) is 0 Å². The van der Waals surface area contributed by atoms with E-state index in [1.165, 1.54) is 23.5 Å². The Morgan fingerprint density at radius 2 is 1.59 bits per heavy atom. The minimum atomic E-state index is -4.66. The first kappa shape index (κ1) is 25.3. The summed E-state index contributed by atoms with van der Waals surface area (Å²) < 4.78 is 67.2. The van der Waals surface area contributed by atoms with Gasteiger partial charge in [0.15, 0.2) is 0 Å². The molecule has 1 N–H and O–H groups in total. The molecule has 1 aromatic heterocycles. The highest BCUT2D eigenvalue weighted by molar-refractivity contribution is 7.92. The van der Waals surface area contributed by atoms with E-state index in [2.05, 4.69) is 9.71 Å². The molecule has 0 fully saturated rings. The average Bonchev–Trinajstić information content (AvgIpc) is 3.11. The van der Waals surface area contributed by atoms with Gasteiger partial charge in [0, 0.05) is 21.5 Å². The molecule has 0 aliphatic rings. The van der Waals surface area contributed by atoms with E-state index < -0.39 is 31.7 Å². The van der Waals surface area contributed by atoms with Crippen LogP contribution in [0.15, 0.2) is 53.4 Å². The lowest BCUT2D eigenvalue weighted by Gasteiger charge is -2.14. The molecule has 0 saturated carbocycles. The number of nitrogens with zero attached hydrogens (tertiary/aromatic N) is 1. The van der Waals surface area contributed by atoms with Crippen molar-refractivity contribution in [3.05, 3.63) is 84.8 Å². The molecule has 13 heteroatoms. The van der Waals surface area contributed by atoms with E-state index in [-0.39, 0.29) is 15.7 Å². The van der Waals surface area contributed by atoms with Crippen molar-refractivity contribution in [3.63, 3.8) is 0 Å². The summed E-state index contributed by atoms with van der Waals surface area (Å²) >= 11 is 26.0. The molecular weight excluding hydrogens is 575 g/mol. The first-order chi connectivity index (χ1) is 15.8. The highest BCUT2D eigenvalue weighted by Crippen LogP contribution is 2.36. The topological polar surface area (TPSA) is 59.1 Å². The van der Waals surface area contributed by atoms with Crippen LogP contribution in [0.2, 0.25) is 20.1 Å². The van der Waals surface area contributed by atoms with Gasteiger partial charge in [-0.1, -0.05) is 46.4 Å². The molecular formula is C21H11Cl4F3N2O2S2. The number of hydrogen-bond acceptors (Lipinski definition) is 4. The van der Waals surface area contributed by atoms with E-state index in [0.717, 1.165) is 21.3 Å². The summed E-state index contributed by atoms with van der Waals surface area (Å²) in [5, 5.41) is 1.07. The highest BCUT2D eigenvalue weighted by Gasteiger charge is 2.32. The molecule has 0 atom stereocenters. The first-order valence-corrected chi connectivity index (χ1v) is 13.1. The predicted molar refractivity (Wildman–Crippen MR) is 131 cm³/mol. The summed E-state index contributed by atoms with van der Waals surface area (Å²) in [5.41, 5.74) is 0.219. The summed E-state index contributed by atoms with van der Waals surface area (Å²) in [6.45, 7) is 0. The largest absolute Gasteiger partial charge is 0.416 e. The second-order valence-electron chi connectivity index (χ2n) is 7.06. The summed E-state index contributed by atoms with van der Waals surface area (Å²) in [6, 6.07) is 10.0. The van der Waals surface area contributed by atoms with Gasteiger partial charge >= 0.3 is 6.18 Å². The van der Waals surface area contributed by atoms with E-state index >= 15 is 0 Å². The summed E-state index contributed by atoms with van der Waals surface area (Å²) in [5.74, 6) is 0. The molecule has 0 aliphatic carbocycles. The lowest BCUT2D eigenvalue weighted by molar-refractivity contribution is -0.137. The van der Waals surface area contributed by atoms with Gasteiger partial charge in [-0.05, 0) is 54.1 Å². The molecule has 1 heterocycles. The monoisotopic (exact) mass is 584 g/mol. The van der Waals surface area contributed by atoms with Gasteiger partial charge in [-0.3, -0.25) is 4.72 Å². The SMILES string of the molecule is O=S(=O)(Nc1cc(Cl)c(Cc2nc3cc(Cl)ccc3s2)c(Cl)c1)c1ccc(C(F)(F)F)cc1Cl. The molecule has 0 saturated heterocycles. The minimum absolute atomic E-state index is 0.0193. The van der Waals surface area contributed by atoms with Gasteiger partial charge < -0.3 is 0 Å². The number of aromatic nitrogens is 1. The molecule has 4 aromatic rings. The molecule has 0 unspecified atom stereocenters. The fourth-order valence-corrected chi connectivity index (χ4v) is 6.44. The van der Waals surface area contributed by atoms with Crippen molar-refractivity contribution in [2.45, 2.75) is 17.5 Å². The minimum Gasteiger partial charge on any atom is -0.279 e. The Morgan fingerprint density at radius 1 is 0.912 bits per heavy atom. The van der Waals surface area contributed by atoms with Crippen LogP contribution in [-0.2, 0) is 22.6 Å². The third kappa shape index (κ3) is 5.40. The number of sulfonamides is 1. The number of benzene rings is 3. The Balaban J connectivity index is 1.60. The van der Waals surface area contributed by atoms with Crippen LogP contribution in [-0.4, -0.2) is 13.4 Å². The molecule has 3 aromatic carbocycles. The third-order valence-electron chi connectivity index (χ3n) is 4.66. The average molecular weight is 586 g/mol. The zero-order valence-electron chi connectivity index (χ0n) is 16.6. The molecule has 0 radical (unpaired) electrons. The van der Waals surface area contributed by atoms with Crippen LogP contribution in [0.4, 0.5) is 18.9 Å². The van der Waals surface area contributed by atoms with Crippen molar-refractivity contribution in [1.29, 1.82) is 0 Å². The van der Waals surface area contributed by atoms with Crippen molar-refractivity contribution < 1.29 is 21.6 Å². The fraction of sp³-hybridized carbons (Fsp3) is 0.0952. The van der Waals surface area contributed by atoms with Crippen molar-refractivity contribution >= 4 is 83.7 Å². The van der Waals surface area contributed by atoms with E-state index in [0.29, 0.717) is 29.1 Å². The van der Waals surface area contributed by atoms with E-state index in [9.17, 15) is 21.6 Å². The fourth-order valence-electron chi connectivity index (χ4n) is 3.11. The van der Waals surface area contributed by atoms with Gasteiger partial charge in [0.05, 0.1) is 31.5 Å². The van der Waals surface area contributed by atoms with Crippen molar-refractivity contribution in [1.82, 2.24) is 4.98 Å². The molecule has 0 spiro atoms. The number of thiazole rings is 1. The Morgan fingerprint density at radius 3 is 2.21 bits per heavy atom. The van der Waals surface area contributed by atoms with E-state index in [4.69, 9.17) is 46.4 Å². The van der Waals surface area contributed by atoms with Crippen LogP contribution in [0.25, 0.3) is 10.2 Å². The number of rotatable bonds is 5. The van der Waals surface area contributed by atoms with Crippen molar-refractivity contribution in [2.75, 3.05) is 4.72 Å². The quantitative estimate of drug-likeness (QED) is 0.256. The predicted octanol–water partition coefficient (Wildman–Crippen LogP) is 8.32. The maximum atomic E-state index is 12.8. The van der Waals surface area contributed by atoms with Gasteiger partial charge in [0.25, 0.3) is 10.0 Å². The Hall–Kier alpha value is -1.75. The summed E-state index contributed by atoms with van der Waals surface area (Å²) in [4.78, 5) is 4.00. The number of nitrogens with one attached hydrogen (secondary N) is 1. The normalized spacial score (nSPS) is 12.3. The summed E-state index contributed by atoms with van der Waals surface area (Å²) in [6.07, 6.45) is -4.36. The Bertz CT molecular complexity index is 1500. The zero-order valence-corrected chi connectivity index (χ0v) is 21.2. The molecule has 178 valence electrons. The third-order valence-corrected chi connectivity index (χ3v) is 8.47. The van der Waals surface area contributed by atoms with Crippen LogP contribution < -0.4 is 4.72 Å². The molecule has 4 rings (SSSR count). The van der Waals surface area contributed by atoms with Crippen LogP contribution in [0.5, 0.6) is 0 Å². The maximum absolute atomic E-state index is 12.8. The second kappa shape index (κ2) is 9.37. The maximum Gasteiger partial charge on any atom is 0.416 e. The van der Waals surface area contributed by atoms with Crippen LogP contribution >= 0.6 is 57.7 Å². The van der Waals surface area contributed by atoms with Gasteiger partial charge in [-0.15, -0.1) is 11.3 Å². The number of fused-ring (bicyclic) bond motifs is 1. The zero-order chi connectivity index (χ0) is 24.8. The van der Waals surface area contributed by atoms with Crippen molar-refractivity contribution in [3.8, 4) is 0 Å². The Labute approximate surface area is 216 Å². The second-order valence-corrected chi connectivity index (χ2v) is 11.5. The lowest BCUT2D eigenvalue weighted by Crippen LogP contribution is -2.14. The summed E-state index contributed by atoms with van der Waals surface area (Å²) in [7, 11) is -4.32. The molecule has 34 heavy (non-hydrogen) atoms. The van der Waals surface area contributed by atoms with Gasteiger partial charge in [-0.25, -0.2) is 13.4 Å². The van der Waals surface area contributed by atoms with Crippen molar-refractivity contribution in [2.24, 2.45) is 0 Å². The number of alkyl halides is 3. The number of halogens is 7. The highest BCUT2D eigenvalue weighted by atomic mass is 35.5. The van der Waals surface area contributed by atoms with E-state index in [1.54, 1.807) is 12.1 Å². The van der Waals surface area contributed by atoms with E-state index in [1.807, 2.05) is 6.07 Å². The molecule has 0 bridgehead atoms. The number of anilines is 1. The van der Waals surface area contributed by atoms with Gasteiger partial charge in [-0.2, -0.15) is 13.2 Å².